The lowest BCUT2D eigenvalue weighted by Crippen LogP contribution is -2.42. The number of amides is 2. The smallest absolute Gasteiger partial charge is 0.229 e. The van der Waals surface area contributed by atoms with Crippen LogP contribution >= 0.6 is 15.9 Å². The summed E-state index contributed by atoms with van der Waals surface area (Å²) in [6.07, 6.45) is 0.894. The van der Waals surface area contributed by atoms with Crippen LogP contribution in [0.1, 0.15) is 38.1 Å². The maximum absolute atomic E-state index is 12.0. The molecular formula is C13H18BrN3O2. The highest BCUT2D eigenvalue weighted by molar-refractivity contribution is 9.10. The molecule has 0 N–H and O–H groups in total. The topological polar surface area (TPSA) is 55.2 Å². The van der Waals surface area contributed by atoms with Crippen LogP contribution in [0.2, 0.25) is 0 Å². The average molecular weight is 328 g/mol. The maximum atomic E-state index is 12.0. The number of rotatable bonds is 3. The first-order valence-corrected chi connectivity index (χ1v) is 7.28. The molecule has 5 nitrogen and oxygen atoms in total. The van der Waals surface area contributed by atoms with E-state index < -0.39 is 0 Å². The highest BCUT2D eigenvalue weighted by atomic mass is 79.9. The van der Waals surface area contributed by atoms with E-state index in [9.17, 15) is 9.59 Å². The first-order chi connectivity index (χ1) is 8.93. The number of aromatic nitrogens is 2. The molecule has 0 radical (unpaired) electrons. The predicted molar refractivity (Wildman–Crippen MR) is 74.3 cm³/mol. The van der Waals surface area contributed by atoms with Gasteiger partial charge in [0.2, 0.25) is 11.8 Å². The van der Waals surface area contributed by atoms with Gasteiger partial charge in [0.1, 0.15) is 0 Å². The Hall–Kier alpha value is -1.17. The summed E-state index contributed by atoms with van der Waals surface area (Å²) >= 11 is 3.49. The van der Waals surface area contributed by atoms with Gasteiger partial charge in [0, 0.05) is 19.4 Å². The molecule has 0 aliphatic carbocycles. The molecule has 1 aromatic heterocycles. The fourth-order valence-electron chi connectivity index (χ4n) is 2.37. The summed E-state index contributed by atoms with van der Waals surface area (Å²) in [6.45, 7) is 6.85. The Morgan fingerprint density at radius 1 is 1.32 bits per heavy atom. The van der Waals surface area contributed by atoms with Crippen molar-refractivity contribution < 1.29 is 9.59 Å². The van der Waals surface area contributed by atoms with Crippen LogP contribution in [-0.4, -0.2) is 26.5 Å². The highest BCUT2D eigenvalue weighted by Gasteiger charge is 2.31. The molecule has 2 heterocycles. The number of aryl methyl sites for hydroxylation is 2. The number of carbonyl (C=O) groups is 2. The van der Waals surface area contributed by atoms with Crippen molar-refractivity contribution >= 4 is 27.7 Å². The van der Waals surface area contributed by atoms with E-state index in [1.165, 1.54) is 4.90 Å². The molecule has 1 aliphatic heterocycles. The number of hydrogen-bond donors (Lipinski definition) is 0. The Balaban J connectivity index is 2.26. The van der Waals surface area contributed by atoms with Gasteiger partial charge >= 0.3 is 0 Å². The largest absolute Gasteiger partial charge is 0.277 e. The van der Waals surface area contributed by atoms with Crippen molar-refractivity contribution in [2.45, 2.75) is 46.7 Å². The zero-order valence-corrected chi connectivity index (χ0v) is 13.0. The Morgan fingerprint density at radius 2 is 1.89 bits per heavy atom. The van der Waals surface area contributed by atoms with Gasteiger partial charge in [0.25, 0.3) is 0 Å². The van der Waals surface area contributed by atoms with Gasteiger partial charge < -0.3 is 0 Å². The summed E-state index contributed by atoms with van der Waals surface area (Å²) in [4.78, 5) is 25.3. The first-order valence-electron chi connectivity index (χ1n) is 6.49. The lowest BCUT2D eigenvalue weighted by molar-refractivity contribution is -0.150. The van der Waals surface area contributed by atoms with Gasteiger partial charge in [-0.15, -0.1) is 0 Å². The molecular weight excluding hydrogens is 310 g/mol. The van der Waals surface area contributed by atoms with E-state index in [2.05, 4.69) is 21.0 Å². The van der Waals surface area contributed by atoms with Crippen molar-refractivity contribution in [1.82, 2.24) is 14.7 Å². The Bertz CT molecular complexity index is 506. The second-order valence-corrected chi connectivity index (χ2v) is 5.84. The van der Waals surface area contributed by atoms with Gasteiger partial charge in [-0.2, -0.15) is 5.10 Å². The number of imide groups is 1. The van der Waals surface area contributed by atoms with Crippen LogP contribution in [0.5, 0.6) is 0 Å². The number of carbonyl (C=O) groups excluding carboxylic acids is 2. The molecule has 2 amide bonds. The number of likely N-dealkylation sites (tertiary alicyclic amines) is 1. The minimum Gasteiger partial charge on any atom is -0.277 e. The number of piperidine rings is 1. The van der Waals surface area contributed by atoms with Gasteiger partial charge in [-0.3, -0.25) is 19.2 Å². The SMILES string of the molecule is CCn1nc(C)c(Br)c1CN1C(=O)CC(C)CC1=O. The third-order valence-corrected chi connectivity index (χ3v) is 4.44. The molecule has 0 saturated carbocycles. The molecule has 104 valence electrons. The summed E-state index contributed by atoms with van der Waals surface area (Å²) < 4.78 is 2.71. The monoisotopic (exact) mass is 327 g/mol. The Labute approximate surface area is 121 Å². The van der Waals surface area contributed by atoms with E-state index in [1.807, 2.05) is 25.5 Å². The lowest BCUT2D eigenvalue weighted by Gasteiger charge is -2.28. The van der Waals surface area contributed by atoms with Crippen LogP contribution in [0, 0.1) is 12.8 Å². The summed E-state index contributed by atoms with van der Waals surface area (Å²) in [5, 5.41) is 4.38. The van der Waals surface area contributed by atoms with Crippen LogP contribution < -0.4 is 0 Å². The van der Waals surface area contributed by atoms with Crippen LogP contribution in [0.15, 0.2) is 4.47 Å². The van der Waals surface area contributed by atoms with Crippen LogP contribution in [0.4, 0.5) is 0 Å². The molecule has 1 aliphatic rings. The fourth-order valence-corrected chi connectivity index (χ4v) is 2.78. The van der Waals surface area contributed by atoms with Gasteiger partial charge in [-0.05, 0) is 35.7 Å². The van der Waals surface area contributed by atoms with Crippen LogP contribution in [0.3, 0.4) is 0 Å². The zero-order chi connectivity index (χ0) is 14.2. The van der Waals surface area contributed by atoms with Gasteiger partial charge in [0.15, 0.2) is 0 Å². The van der Waals surface area contributed by atoms with Gasteiger partial charge in [-0.1, -0.05) is 6.92 Å². The molecule has 0 atom stereocenters. The van der Waals surface area contributed by atoms with Crippen molar-refractivity contribution in [3.8, 4) is 0 Å². The van der Waals surface area contributed by atoms with E-state index in [1.54, 1.807) is 0 Å². The fraction of sp³-hybridized carbons (Fsp3) is 0.615. The van der Waals surface area contributed by atoms with Crippen molar-refractivity contribution in [2.24, 2.45) is 5.92 Å². The van der Waals surface area contributed by atoms with E-state index >= 15 is 0 Å². The van der Waals surface area contributed by atoms with E-state index in [4.69, 9.17) is 0 Å². The quantitative estimate of drug-likeness (QED) is 0.800. The average Bonchev–Trinajstić information content (AvgIpc) is 2.60. The summed E-state index contributed by atoms with van der Waals surface area (Å²) in [6, 6.07) is 0. The molecule has 0 bridgehead atoms. The predicted octanol–water partition coefficient (Wildman–Crippen LogP) is 2.26. The zero-order valence-electron chi connectivity index (χ0n) is 11.4. The number of hydrogen-bond acceptors (Lipinski definition) is 3. The number of nitrogens with zero attached hydrogens (tertiary/aromatic N) is 3. The molecule has 1 fully saturated rings. The first kappa shape index (κ1) is 14.2. The molecule has 1 saturated heterocycles. The summed E-state index contributed by atoms with van der Waals surface area (Å²) in [5.74, 6) is -0.0215. The molecule has 1 aromatic rings. The van der Waals surface area contributed by atoms with Crippen molar-refractivity contribution in [3.05, 3.63) is 15.9 Å². The van der Waals surface area contributed by atoms with Gasteiger partial charge in [-0.25, -0.2) is 0 Å². The third-order valence-electron chi connectivity index (χ3n) is 3.41. The standard InChI is InChI=1S/C13H18BrN3O2/c1-4-17-10(13(14)9(3)15-17)7-16-11(18)5-8(2)6-12(16)19/h8H,4-7H2,1-3H3. The number of halogens is 1. The van der Waals surface area contributed by atoms with Gasteiger partial charge in [0.05, 0.1) is 22.4 Å². The Morgan fingerprint density at radius 3 is 2.42 bits per heavy atom. The summed E-state index contributed by atoms with van der Waals surface area (Å²) in [5.41, 5.74) is 1.76. The molecule has 6 heteroatoms. The molecule has 19 heavy (non-hydrogen) atoms. The second-order valence-electron chi connectivity index (χ2n) is 5.05. The second kappa shape index (κ2) is 5.45. The molecule has 0 spiro atoms. The van der Waals surface area contributed by atoms with Crippen LogP contribution in [-0.2, 0) is 22.7 Å². The van der Waals surface area contributed by atoms with Crippen LogP contribution in [0.25, 0.3) is 0 Å². The van der Waals surface area contributed by atoms with Crippen molar-refractivity contribution in [1.29, 1.82) is 0 Å². The van der Waals surface area contributed by atoms with Crippen molar-refractivity contribution in [2.75, 3.05) is 0 Å². The Kier molecular flexibility index (Phi) is 4.08. The minimum absolute atomic E-state index is 0.0860. The van der Waals surface area contributed by atoms with E-state index in [-0.39, 0.29) is 17.7 Å². The maximum Gasteiger partial charge on any atom is 0.229 e. The minimum atomic E-state index is -0.0860. The highest BCUT2D eigenvalue weighted by Crippen LogP contribution is 2.26. The summed E-state index contributed by atoms with van der Waals surface area (Å²) in [7, 11) is 0. The molecule has 2 rings (SSSR count). The molecule has 0 aromatic carbocycles. The lowest BCUT2D eigenvalue weighted by atomic mass is 9.98. The normalized spacial score (nSPS) is 17.4. The van der Waals surface area contributed by atoms with E-state index in [0.717, 1.165) is 15.9 Å². The molecule has 0 unspecified atom stereocenters. The van der Waals surface area contributed by atoms with Crippen molar-refractivity contribution in [3.63, 3.8) is 0 Å². The van der Waals surface area contributed by atoms with E-state index in [0.29, 0.717) is 25.9 Å². The third kappa shape index (κ3) is 2.73.